The standard InChI is InChI=1S/C16H20N2O/c1-17-16(9-8-13-6-4-3-5-7-13)14-10-15(19-2)12-18-11-14/h3-7,10-12,16-17H,8-9H2,1-2H3. The molecular formula is C16H20N2O. The van der Waals surface area contributed by atoms with Gasteiger partial charge in [-0.15, -0.1) is 0 Å². The Hall–Kier alpha value is -1.87. The summed E-state index contributed by atoms with van der Waals surface area (Å²) in [6.45, 7) is 0. The molecule has 0 fully saturated rings. The van der Waals surface area contributed by atoms with Gasteiger partial charge < -0.3 is 10.1 Å². The van der Waals surface area contributed by atoms with Gasteiger partial charge in [0.15, 0.2) is 0 Å². The minimum atomic E-state index is 0.294. The van der Waals surface area contributed by atoms with Gasteiger partial charge in [-0.25, -0.2) is 0 Å². The third-order valence-corrected chi connectivity index (χ3v) is 3.29. The second kappa shape index (κ2) is 6.90. The number of benzene rings is 1. The van der Waals surface area contributed by atoms with Gasteiger partial charge in [-0.1, -0.05) is 30.3 Å². The zero-order chi connectivity index (χ0) is 13.5. The summed E-state index contributed by atoms with van der Waals surface area (Å²) in [5, 5.41) is 3.34. The van der Waals surface area contributed by atoms with Crippen LogP contribution in [0.5, 0.6) is 5.75 Å². The van der Waals surface area contributed by atoms with Crippen LogP contribution in [-0.2, 0) is 6.42 Å². The highest BCUT2D eigenvalue weighted by molar-refractivity contribution is 5.26. The first-order valence-electron chi connectivity index (χ1n) is 6.53. The Morgan fingerprint density at radius 1 is 1.21 bits per heavy atom. The van der Waals surface area contributed by atoms with Crippen molar-refractivity contribution in [2.24, 2.45) is 0 Å². The van der Waals surface area contributed by atoms with E-state index in [4.69, 9.17) is 4.74 Å². The maximum absolute atomic E-state index is 5.22. The van der Waals surface area contributed by atoms with Crippen LogP contribution in [-0.4, -0.2) is 19.1 Å². The van der Waals surface area contributed by atoms with Crippen LogP contribution in [0.4, 0.5) is 0 Å². The quantitative estimate of drug-likeness (QED) is 0.862. The summed E-state index contributed by atoms with van der Waals surface area (Å²) in [6, 6.07) is 12.9. The molecule has 2 aromatic rings. The van der Waals surface area contributed by atoms with Gasteiger partial charge in [-0.05, 0) is 37.1 Å². The van der Waals surface area contributed by atoms with Gasteiger partial charge in [0.25, 0.3) is 0 Å². The van der Waals surface area contributed by atoms with Crippen LogP contribution >= 0.6 is 0 Å². The summed E-state index contributed by atoms with van der Waals surface area (Å²) < 4.78 is 5.22. The van der Waals surface area contributed by atoms with Crippen LogP contribution in [0, 0.1) is 0 Å². The lowest BCUT2D eigenvalue weighted by molar-refractivity contribution is 0.410. The Morgan fingerprint density at radius 2 is 2.00 bits per heavy atom. The van der Waals surface area contributed by atoms with E-state index in [9.17, 15) is 0 Å². The molecule has 100 valence electrons. The van der Waals surface area contributed by atoms with Gasteiger partial charge in [-0.2, -0.15) is 0 Å². The fourth-order valence-electron chi connectivity index (χ4n) is 2.17. The van der Waals surface area contributed by atoms with Crippen molar-refractivity contribution in [2.45, 2.75) is 18.9 Å². The Labute approximate surface area is 114 Å². The topological polar surface area (TPSA) is 34.2 Å². The monoisotopic (exact) mass is 256 g/mol. The molecule has 2 rings (SSSR count). The number of aromatic nitrogens is 1. The molecule has 1 atom stereocenters. The van der Waals surface area contributed by atoms with Crippen molar-refractivity contribution in [3.8, 4) is 5.75 Å². The minimum absolute atomic E-state index is 0.294. The van der Waals surface area contributed by atoms with Gasteiger partial charge in [0, 0.05) is 12.2 Å². The van der Waals surface area contributed by atoms with Crippen molar-refractivity contribution in [1.29, 1.82) is 0 Å². The highest BCUT2D eigenvalue weighted by Gasteiger charge is 2.10. The fraction of sp³-hybridized carbons (Fsp3) is 0.312. The Balaban J connectivity index is 2.03. The van der Waals surface area contributed by atoms with Crippen molar-refractivity contribution >= 4 is 0 Å². The predicted octanol–water partition coefficient (Wildman–Crippen LogP) is 2.98. The number of nitrogens with zero attached hydrogens (tertiary/aromatic N) is 1. The van der Waals surface area contributed by atoms with Crippen LogP contribution in [0.15, 0.2) is 48.8 Å². The van der Waals surface area contributed by atoms with Gasteiger partial charge in [0.2, 0.25) is 0 Å². The van der Waals surface area contributed by atoms with Gasteiger partial charge in [0.05, 0.1) is 13.3 Å². The third kappa shape index (κ3) is 3.80. The van der Waals surface area contributed by atoms with E-state index in [1.54, 1.807) is 13.3 Å². The Kier molecular flexibility index (Phi) is 4.93. The molecule has 3 heteroatoms. The maximum Gasteiger partial charge on any atom is 0.137 e. The zero-order valence-corrected chi connectivity index (χ0v) is 11.5. The summed E-state index contributed by atoms with van der Waals surface area (Å²) in [5.74, 6) is 0.803. The number of nitrogens with one attached hydrogen (secondary N) is 1. The Morgan fingerprint density at radius 3 is 2.68 bits per heavy atom. The molecule has 0 spiro atoms. The minimum Gasteiger partial charge on any atom is -0.495 e. The number of aryl methyl sites for hydroxylation is 1. The van der Waals surface area contributed by atoms with E-state index in [2.05, 4.69) is 34.6 Å². The number of ether oxygens (including phenoxy) is 1. The lowest BCUT2D eigenvalue weighted by Crippen LogP contribution is -2.17. The molecule has 0 aliphatic rings. The van der Waals surface area contributed by atoms with E-state index in [0.717, 1.165) is 24.2 Å². The average molecular weight is 256 g/mol. The third-order valence-electron chi connectivity index (χ3n) is 3.29. The van der Waals surface area contributed by atoms with E-state index >= 15 is 0 Å². The van der Waals surface area contributed by atoms with Crippen molar-refractivity contribution in [2.75, 3.05) is 14.2 Å². The molecule has 0 aliphatic heterocycles. The number of hydrogen-bond acceptors (Lipinski definition) is 3. The molecular weight excluding hydrogens is 236 g/mol. The first-order chi connectivity index (χ1) is 9.33. The van der Waals surface area contributed by atoms with E-state index in [-0.39, 0.29) is 0 Å². The van der Waals surface area contributed by atoms with Crippen molar-refractivity contribution < 1.29 is 4.74 Å². The SMILES string of the molecule is CNC(CCc1ccccc1)c1cncc(OC)c1. The van der Waals surface area contributed by atoms with E-state index < -0.39 is 0 Å². The lowest BCUT2D eigenvalue weighted by atomic mass is 10.0. The fourth-order valence-corrected chi connectivity index (χ4v) is 2.17. The first kappa shape index (κ1) is 13.6. The molecule has 1 unspecified atom stereocenters. The normalized spacial score (nSPS) is 12.1. The molecule has 1 N–H and O–H groups in total. The highest BCUT2D eigenvalue weighted by Crippen LogP contribution is 2.21. The number of rotatable bonds is 6. The maximum atomic E-state index is 5.22. The summed E-state index contributed by atoms with van der Waals surface area (Å²) in [7, 11) is 3.65. The van der Waals surface area contributed by atoms with Crippen LogP contribution in [0.1, 0.15) is 23.6 Å². The van der Waals surface area contributed by atoms with Crippen LogP contribution in [0.25, 0.3) is 0 Å². The Bertz CT molecular complexity index is 499. The molecule has 3 nitrogen and oxygen atoms in total. The number of hydrogen-bond donors (Lipinski definition) is 1. The van der Waals surface area contributed by atoms with Gasteiger partial charge in [-0.3, -0.25) is 4.98 Å². The smallest absolute Gasteiger partial charge is 0.137 e. The van der Waals surface area contributed by atoms with E-state index in [0.29, 0.717) is 6.04 Å². The second-order valence-electron chi connectivity index (χ2n) is 4.52. The summed E-state index contributed by atoms with van der Waals surface area (Å²) in [4.78, 5) is 4.21. The molecule has 0 aliphatic carbocycles. The van der Waals surface area contributed by atoms with Gasteiger partial charge in [0.1, 0.15) is 5.75 Å². The molecule has 1 heterocycles. The van der Waals surface area contributed by atoms with Crippen molar-refractivity contribution in [1.82, 2.24) is 10.3 Å². The van der Waals surface area contributed by atoms with E-state index in [1.807, 2.05) is 25.4 Å². The average Bonchev–Trinajstić information content (AvgIpc) is 2.49. The van der Waals surface area contributed by atoms with Gasteiger partial charge >= 0.3 is 0 Å². The van der Waals surface area contributed by atoms with Crippen LogP contribution in [0.2, 0.25) is 0 Å². The lowest BCUT2D eigenvalue weighted by Gasteiger charge is -2.17. The molecule has 0 amide bonds. The second-order valence-corrected chi connectivity index (χ2v) is 4.52. The predicted molar refractivity (Wildman–Crippen MR) is 77.4 cm³/mol. The first-order valence-corrected chi connectivity index (χ1v) is 6.53. The van der Waals surface area contributed by atoms with E-state index in [1.165, 1.54) is 5.56 Å². The summed E-state index contributed by atoms with van der Waals surface area (Å²) in [5.41, 5.74) is 2.52. The summed E-state index contributed by atoms with van der Waals surface area (Å²) >= 11 is 0. The molecule has 0 saturated carbocycles. The molecule has 0 bridgehead atoms. The number of methoxy groups -OCH3 is 1. The zero-order valence-electron chi connectivity index (χ0n) is 11.5. The molecule has 1 aromatic heterocycles. The van der Waals surface area contributed by atoms with Crippen LogP contribution in [0.3, 0.4) is 0 Å². The highest BCUT2D eigenvalue weighted by atomic mass is 16.5. The van der Waals surface area contributed by atoms with Crippen molar-refractivity contribution in [3.63, 3.8) is 0 Å². The van der Waals surface area contributed by atoms with Crippen molar-refractivity contribution in [3.05, 3.63) is 59.9 Å². The summed E-state index contributed by atoms with van der Waals surface area (Å²) in [6.07, 6.45) is 5.71. The molecule has 0 saturated heterocycles. The molecule has 1 aromatic carbocycles. The van der Waals surface area contributed by atoms with Crippen LogP contribution < -0.4 is 10.1 Å². The number of pyridine rings is 1. The molecule has 0 radical (unpaired) electrons. The molecule has 19 heavy (non-hydrogen) atoms. The largest absolute Gasteiger partial charge is 0.495 e.